The smallest absolute Gasteiger partial charge is 0.272 e. The van der Waals surface area contributed by atoms with Crippen LogP contribution in [0.5, 0.6) is 0 Å². The maximum Gasteiger partial charge on any atom is 0.416 e. The summed E-state index contributed by atoms with van der Waals surface area (Å²) in [6.07, 6.45) is 0.711. The molecule has 0 aliphatic heterocycles. The number of nitriles is 1. The first-order chi connectivity index (χ1) is 9.94. The monoisotopic (exact) mass is 293 g/mol. The Kier molecular flexibility index (Phi) is 4.32. The number of benzene rings is 1. The number of alkyl halides is 3. The summed E-state index contributed by atoms with van der Waals surface area (Å²) in [6, 6.07) is 5.10. The number of hydrogen-bond donors (Lipinski definition) is 0. The van der Waals surface area contributed by atoms with Gasteiger partial charge in [-0.1, -0.05) is 13.3 Å². The van der Waals surface area contributed by atoms with Crippen LogP contribution >= 0.6 is 0 Å². The van der Waals surface area contributed by atoms with E-state index in [9.17, 15) is 13.2 Å². The summed E-state index contributed by atoms with van der Waals surface area (Å²) in [5.41, 5.74) is 0.0943. The maximum absolute atomic E-state index is 12.8. The molecule has 0 saturated heterocycles. The maximum atomic E-state index is 12.8. The van der Waals surface area contributed by atoms with Crippen LogP contribution in [-0.4, -0.2) is 9.78 Å². The molecule has 0 unspecified atom stereocenters. The van der Waals surface area contributed by atoms with Crippen molar-refractivity contribution >= 4 is 0 Å². The van der Waals surface area contributed by atoms with Gasteiger partial charge in [-0.2, -0.15) is 23.5 Å². The molecule has 21 heavy (non-hydrogen) atoms. The lowest BCUT2D eigenvalue weighted by atomic mass is 10.0. The zero-order chi connectivity index (χ0) is 15.5. The fraction of sp³-hybridized carbons (Fsp3) is 0.333. The Morgan fingerprint density at radius 2 is 2.00 bits per heavy atom. The van der Waals surface area contributed by atoms with E-state index >= 15 is 0 Å². The van der Waals surface area contributed by atoms with Crippen LogP contribution in [0, 0.1) is 11.3 Å². The van der Waals surface area contributed by atoms with Gasteiger partial charge in [-0.05, 0) is 30.2 Å². The van der Waals surface area contributed by atoms with Crippen molar-refractivity contribution in [3.8, 4) is 17.2 Å². The van der Waals surface area contributed by atoms with Gasteiger partial charge in [-0.15, -0.1) is 0 Å². The Morgan fingerprint density at radius 1 is 1.24 bits per heavy atom. The molecular weight excluding hydrogens is 279 g/mol. The summed E-state index contributed by atoms with van der Waals surface area (Å²) in [6.45, 7) is 2.77. The molecule has 2 aromatic rings. The summed E-state index contributed by atoms with van der Waals surface area (Å²) >= 11 is 0. The van der Waals surface area contributed by atoms with Crippen LogP contribution in [0.25, 0.3) is 11.1 Å². The molecule has 0 aliphatic carbocycles. The summed E-state index contributed by atoms with van der Waals surface area (Å²) in [5.74, 6) is 0. The van der Waals surface area contributed by atoms with Crippen LogP contribution in [0.2, 0.25) is 0 Å². The number of unbranched alkanes of at least 4 members (excludes halogenated alkanes) is 1. The van der Waals surface area contributed by atoms with E-state index in [1.54, 1.807) is 16.9 Å². The Labute approximate surface area is 120 Å². The minimum atomic E-state index is -4.47. The van der Waals surface area contributed by atoms with E-state index in [4.69, 9.17) is 5.26 Å². The van der Waals surface area contributed by atoms with Gasteiger partial charge in [-0.25, -0.2) is 0 Å². The lowest BCUT2D eigenvalue weighted by molar-refractivity contribution is -0.137. The molecule has 0 aliphatic rings. The number of aromatic nitrogens is 2. The lowest BCUT2D eigenvalue weighted by Crippen LogP contribution is -2.05. The van der Waals surface area contributed by atoms with Crippen molar-refractivity contribution in [1.29, 1.82) is 5.26 Å². The number of hydrogen-bond acceptors (Lipinski definition) is 2. The molecule has 0 N–H and O–H groups in total. The highest BCUT2D eigenvalue weighted by atomic mass is 19.4. The van der Waals surface area contributed by atoms with Crippen molar-refractivity contribution in [2.45, 2.75) is 32.5 Å². The predicted molar refractivity (Wildman–Crippen MR) is 72.3 cm³/mol. The van der Waals surface area contributed by atoms with Gasteiger partial charge >= 0.3 is 6.18 Å². The van der Waals surface area contributed by atoms with E-state index in [2.05, 4.69) is 12.0 Å². The van der Waals surface area contributed by atoms with Crippen LogP contribution in [0.15, 0.2) is 30.6 Å². The molecule has 0 bridgehead atoms. The molecule has 0 spiro atoms. The van der Waals surface area contributed by atoms with Crippen molar-refractivity contribution in [1.82, 2.24) is 9.78 Å². The van der Waals surface area contributed by atoms with E-state index < -0.39 is 11.7 Å². The van der Waals surface area contributed by atoms with Crippen LogP contribution < -0.4 is 0 Å². The van der Waals surface area contributed by atoms with E-state index in [-0.39, 0.29) is 5.56 Å². The largest absolute Gasteiger partial charge is 0.416 e. The number of nitrogens with zero attached hydrogens (tertiary/aromatic N) is 3. The third-order valence-corrected chi connectivity index (χ3v) is 3.10. The van der Waals surface area contributed by atoms with Gasteiger partial charge in [0.2, 0.25) is 0 Å². The third-order valence-electron chi connectivity index (χ3n) is 3.10. The first-order valence-electron chi connectivity index (χ1n) is 6.59. The van der Waals surface area contributed by atoms with Crippen molar-refractivity contribution < 1.29 is 13.2 Å². The number of rotatable bonds is 4. The van der Waals surface area contributed by atoms with Crippen molar-refractivity contribution in [2.24, 2.45) is 0 Å². The van der Waals surface area contributed by atoms with E-state index in [0.717, 1.165) is 31.5 Å². The highest BCUT2D eigenvalue weighted by Crippen LogP contribution is 2.33. The first kappa shape index (κ1) is 15.1. The second-order valence-corrected chi connectivity index (χ2v) is 4.75. The molecule has 1 aromatic heterocycles. The number of aryl methyl sites for hydroxylation is 1. The number of halogens is 3. The van der Waals surface area contributed by atoms with Gasteiger partial charge in [0.15, 0.2) is 0 Å². The molecule has 1 aromatic carbocycles. The minimum absolute atomic E-state index is 0.0128. The van der Waals surface area contributed by atoms with Gasteiger partial charge in [0.25, 0.3) is 0 Å². The molecular formula is C15H14F3N3. The lowest BCUT2D eigenvalue weighted by Gasteiger charge is -2.09. The molecule has 110 valence electrons. The molecule has 6 heteroatoms. The van der Waals surface area contributed by atoms with E-state index in [0.29, 0.717) is 11.1 Å². The Hall–Kier alpha value is -2.29. The average molecular weight is 293 g/mol. The highest BCUT2D eigenvalue weighted by Gasteiger charge is 2.31. The van der Waals surface area contributed by atoms with Crippen molar-refractivity contribution in [3.05, 3.63) is 41.7 Å². The molecule has 3 nitrogen and oxygen atoms in total. The fourth-order valence-electron chi connectivity index (χ4n) is 1.98. The van der Waals surface area contributed by atoms with Gasteiger partial charge < -0.3 is 0 Å². The van der Waals surface area contributed by atoms with Gasteiger partial charge in [0, 0.05) is 18.3 Å². The van der Waals surface area contributed by atoms with E-state index in [1.165, 1.54) is 12.3 Å². The first-order valence-corrected chi connectivity index (χ1v) is 6.59. The summed E-state index contributed by atoms with van der Waals surface area (Å²) in [5, 5.41) is 13.0. The minimum Gasteiger partial charge on any atom is -0.272 e. The van der Waals surface area contributed by atoms with Crippen LogP contribution in [0.4, 0.5) is 13.2 Å². The van der Waals surface area contributed by atoms with Gasteiger partial charge in [-0.3, -0.25) is 4.68 Å². The summed E-state index contributed by atoms with van der Waals surface area (Å²) in [4.78, 5) is 0. The second kappa shape index (κ2) is 6.00. The Balaban J connectivity index is 2.39. The molecule has 2 rings (SSSR count). The average Bonchev–Trinajstić information content (AvgIpc) is 2.92. The van der Waals surface area contributed by atoms with E-state index in [1.807, 2.05) is 0 Å². The van der Waals surface area contributed by atoms with Crippen LogP contribution in [-0.2, 0) is 12.7 Å². The zero-order valence-electron chi connectivity index (χ0n) is 11.5. The molecule has 0 amide bonds. The van der Waals surface area contributed by atoms with Gasteiger partial charge in [0.05, 0.1) is 23.4 Å². The van der Waals surface area contributed by atoms with Crippen molar-refractivity contribution in [2.75, 3.05) is 0 Å². The van der Waals surface area contributed by atoms with Crippen LogP contribution in [0.3, 0.4) is 0 Å². The molecule has 0 fully saturated rings. The fourth-order valence-corrected chi connectivity index (χ4v) is 1.98. The molecule has 0 saturated carbocycles. The molecule has 1 heterocycles. The normalized spacial score (nSPS) is 11.4. The zero-order valence-corrected chi connectivity index (χ0v) is 11.5. The van der Waals surface area contributed by atoms with Crippen molar-refractivity contribution in [3.63, 3.8) is 0 Å². The molecule has 0 radical (unpaired) electrons. The highest BCUT2D eigenvalue weighted by molar-refractivity contribution is 5.65. The SMILES string of the molecule is CCCCn1cc(-c2cc(C#N)cc(C(F)(F)F)c2)cn1. The van der Waals surface area contributed by atoms with Crippen LogP contribution in [0.1, 0.15) is 30.9 Å². The third kappa shape index (κ3) is 3.63. The van der Waals surface area contributed by atoms with Gasteiger partial charge in [0.1, 0.15) is 0 Å². The standard InChI is InChI=1S/C15H14F3N3/c1-2-3-4-21-10-13(9-20-21)12-5-11(8-19)6-14(7-12)15(16,17)18/h5-7,9-10H,2-4H2,1H3. The summed E-state index contributed by atoms with van der Waals surface area (Å²) in [7, 11) is 0. The Bertz CT molecular complexity index is 666. The summed E-state index contributed by atoms with van der Waals surface area (Å²) < 4.78 is 40.2. The topological polar surface area (TPSA) is 41.6 Å². The second-order valence-electron chi connectivity index (χ2n) is 4.75. The predicted octanol–water partition coefficient (Wildman–Crippen LogP) is 4.24. The quantitative estimate of drug-likeness (QED) is 0.846. The molecule has 0 atom stereocenters. The Morgan fingerprint density at radius 3 is 2.62 bits per heavy atom.